The van der Waals surface area contributed by atoms with E-state index < -0.39 is 24.0 Å². The Kier molecular flexibility index (Phi) is 10.2. The van der Waals surface area contributed by atoms with Crippen LogP contribution in [-0.4, -0.2) is 54.6 Å². The summed E-state index contributed by atoms with van der Waals surface area (Å²) in [5, 5.41) is 5.50. The van der Waals surface area contributed by atoms with Gasteiger partial charge in [0.05, 0.1) is 14.2 Å². The molecule has 0 unspecified atom stereocenters. The highest BCUT2D eigenvalue weighted by atomic mass is 16.5. The van der Waals surface area contributed by atoms with Gasteiger partial charge in [-0.3, -0.25) is 9.59 Å². The molecule has 0 radical (unpaired) electrons. The highest BCUT2D eigenvalue weighted by Gasteiger charge is 2.27. The van der Waals surface area contributed by atoms with Crippen molar-refractivity contribution in [1.82, 2.24) is 15.2 Å². The molecule has 1 aromatic carbocycles. The fourth-order valence-corrected chi connectivity index (χ4v) is 3.94. The molecule has 1 heterocycles. The second-order valence-corrected chi connectivity index (χ2v) is 9.41. The summed E-state index contributed by atoms with van der Waals surface area (Å²) < 4.78 is 13.1. The molecule has 10 nitrogen and oxygen atoms in total. The predicted octanol–water partition coefficient (Wildman–Crippen LogP) is 1.34. The number of amides is 2. The Morgan fingerprint density at radius 3 is 1.89 bits per heavy atom. The van der Waals surface area contributed by atoms with Crippen molar-refractivity contribution >= 4 is 34.8 Å². The number of carbonyl (C=O) groups excluding carboxylic acids is 4. The number of rotatable bonds is 12. The number of ether oxygens (including phenoxy) is 2. The highest BCUT2D eigenvalue weighted by molar-refractivity contribution is 5.86. The summed E-state index contributed by atoms with van der Waals surface area (Å²) in [6, 6.07) is 5.91. The van der Waals surface area contributed by atoms with Crippen molar-refractivity contribution in [2.24, 2.45) is 11.8 Å². The normalized spacial score (nSPS) is 12.9. The monoisotopic (exact) mass is 489 g/mol. The number of fused-ring (bicyclic) bond motifs is 1. The van der Waals surface area contributed by atoms with Crippen LogP contribution < -0.4 is 15.2 Å². The zero-order chi connectivity index (χ0) is 26.1. The maximum Gasteiger partial charge on any atom is 0.328 e. The SMILES string of the molecule is COC(=O)[C@H](CC(C)C)NC(=O)Cn1c[n+](CC(=O)N[C@@H](CC(C)C)C(=O)OC)c2ccccc21. The van der Waals surface area contributed by atoms with Gasteiger partial charge in [0.2, 0.25) is 6.33 Å². The molecule has 2 amide bonds. The smallest absolute Gasteiger partial charge is 0.328 e. The van der Waals surface area contributed by atoms with Crippen molar-refractivity contribution in [1.29, 1.82) is 0 Å². The minimum absolute atomic E-state index is 0.0428. The summed E-state index contributed by atoms with van der Waals surface area (Å²) in [5.74, 6) is -1.29. The van der Waals surface area contributed by atoms with Crippen LogP contribution in [0.15, 0.2) is 30.6 Å². The van der Waals surface area contributed by atoms with Gasteiger partial charge in [0, 0.05) is 0 Å². The van der Waals surface area contributed by atoms with Crippen LogP contribution in [0.1, 0.15) is 40.5 Å². The van der Waals surface area contributed by atoms with Gasteiger partial charge in [0.1, 0.15) is 12.1 Å². The average molecular weight is 490 g/mol. The van der Waals surface area contributed by atoms with Gasteiger partial charge in [-0.2, -0.15) is 0 Å². The van der Waals surface area contributed by atoms with Crippen LogP contribution in [0, 0.1) is 11.8 Å². The van der Waals surface area contributed by atoms with E-state index in [0.717, 1.165) is 11.0 Å². The molecule has 0 bridgehead atoms. The van der Waals surface area contributed by atoms with Gasteiger partial charge in [0.15, 0.2) is 24.1 Å². The van der Waals surface area contributed by atoms with Gasteiger partial charge < -0.3 is 20.1 Å². The van der Waals surface area contributed by atoms with E-state index in [2.05, 4.69) is 10.6 Å². The van der Waals surface area contributed by atoms with Crippen molar-refractivity contribution in [3.05, 3.63) is 30.6 Å². The summed E-state index contributed by atoms with van der Waals surface area (Å²) >= 11 is 0. The first-order chi connectivity index (χ1) is 16.5. The predicted molar refractivity (Wildman–Crippen MR) is 129 cm³/mol. The summed E-state index contributed by atoms with van der Waals surface area (Å²) in [5.41, 5.74) is 1.50. The van der Waals surface area contributed by atoms with Crippen molar-refractivity contribution < 1.29 is 33.2 Å². The van der Waals surface area contributed by atoms with Gasteiger partial charge in [-0.05, 0) is 36.8 Å². The largest absolute Gasteiger partial charge is 0.467 e. The fraction of sp³-hybridized carbons (Fsp3) is 0.560. The number of nitrogens with zero attached hydrogens (tertiary/aromatic N) is 2. The molecular formula is C25H37N4O6+. The number of benzene rings is 1. The molecular weight excluding hydrogens is 452 g/mol. The van der Waals surface area contributed by atoms with Crippen LogP contribution in [0.25, 0.3) is 11.0 Å². The van der Waals surface area contributed by atoms with E-state index in [1.165, 1.54) is 14.2 Å². The van der Waals surface area contributed by atoms with Crippen molar-refractivity contribution in [2.45, 2.75) is 65.7 Å². The van der Waals surface area contributed by atoms with E-state index in [0.29, 0.717) is 12.8 Å². The van der Waals surface area contributed by atoms with E-state index >= 15 is 0 Å². The number of para-hydroxylation sites is 2. The third kappa shape index (κ3) is 8.08. The number of methoxy groups -OCH3 is 2. The first kappa shape index (κ1) is 27.8. The molecule has 10 heteroatoms. The number of aromatic nitrogens is 2. The number of hydrogen-bond donors (Lipinski definition) is 2. The zero-order valence-electron chi connectivity index (χ0n) is 21.4. The minimum atomic E-state index is -0.733. The lowest BCUT2D eigenvalue weighted by Gasteiger charge is -2.17. The molecule has 35 heavy (non-hydrogen) atoms. The Labute approximate surface area is 206 Å². The number of imidazole rings is 1. The fourth-order valence-electron chi connectivity index (χ4n) is 3.94. The van der Waals surface area contributed by atoms with Gasteiger partial charge in [0.25, 0.3) is 11.8 Å². The summed E-state index contributed by atoms with van der Waals surface area (Å²) in [4.78, 5) is 49.7. The first-order valence-electron chi connectivity index (χ1n) is 11.8. The van der Waals surface area contributed by atoms with Crippen molar-refractivity contribution in [3.8, 4) is 0 Å². The molecule has 2 rings (SSSR count). The van der Waals surface area contributed by atoms with Crippen molar-refractivity contribution in [2.75, 3.05) is 14.2 Å². The third-order valence-electron chi connectivity index (χ3n) is 5.46. The second-order valence-electron chi connectivity index (χ2n) is 9.41. The van der Waals surface area contributed by atoms with E-state index in [1.54, 1.807) is 15.5 Å². The van der Waals surface area contributed by atoms with Crippen LogP contribution in [0.2, 0.25) is 0 Å². The van der Waals surface area contributed by atoms with Crippen LogP contribution >= 0.6 is 0 Å². The Morgan fingerprint density at radius 1 is 0.857 bits per heavy atom. The average Bonchev–Trinajstić information content (AvgIpc) is 3.13. The van der Waals surface area contributed by atoms with E-state index in [-0.39, 0.29) is 36.7 Å². The molecule has 0 fully saturated rings. The van der Waals surface area contributed by atoms with E-state index in [9.17, 15) is 19.2 Å². The maximum atomic E-state index is 12.8. The Balaban J connectivity index is 2.19. The molecule has 2 atom stereocenters. The standard InChI is InChI=1S/C25H36N4O6/c1-16(2)11-18(24(32)34-5)26-22(30)13-28-15-29(21-10-8-7-9-20(21)28)14-23(31)27-19(12-17(3)4)25(33)35-6/h7-10,15-19H,11-14H2,1-6H3,(H-,26,27,30,31)/p+1/t18-,19-/m0/s1. The van der Waals surface area contributed by atoms with Gasteiger partial charge in [-0.15, -0.1) is 0 Å². The van der Waals surface area contributed by atoms with E-state index in [4.69, 9.17) is 9.47 Å². The molecule has 0 saturated heterocycles. The first-order valence-corrected chi connectivity index (χ1v) is 11.8. The lowest BCUT2D eigenvalue weighted by Crippen LogP contribution is -2.48. The Morgan fingerprint density at radius 2 is 1.37 bits per heavy atom. The Hall–Kier alpha value is -3.43. The molecule has 0 spiro atoms. The quantitative estimate of drug-likeness (QED) is 0.343. The number of nitrogens with one attached hydrogen (secondary N) is 2. The molecule has 0 aliphatic rings. The van der Waals surface area contributed by atoms with Crippen molar-refractivity contribution in [3.63, 3.8) is 0 Å². The van der Waals surface area contributed by atoms with E-state index in [1.807, 2.05) is 52.0 Å². The number of hydrogen-bond acceptors (Lipinski definition) is 6. The van der Waals surface area contributed by atoms with Gasteiger partial charge >= 0.3 is 11.9 Å². The minimum Gasteiger partial charge on any atom is -0.467 e. The molecule has 2 aromatic rings. The Bertz CT molecular complexity index is 966. The van der Waals surface area contributed by atoms with Crippen LogP contribution in [0.5, 0.6) is 0 Å². The second kappa shape index (κ2) is 12.9. The zero-order valence-corrected chi connectivity index (χ0v) is 21.4. The molecule has 192 valence electrons. The third-order valence-corrected chi connectivity index (χ3v) is 5.46. The highest BCUT2D eigenvalue weighted by Crippen LogP contribution is 2.12. The van der Waals surface area contributed by atoms with Crippen LogP contribution in [0.3, 0.4) is 0 Å². The molecule has 1 aromatic heterocycles. The number of esters is 2. The van der Waals surface area contributed by atoms with Crippen LogP contribution in [0.4, 0.5) is 0 Å². The lowest BCUT2D eigenvalue weighted by atomic mass is 10.0. The molecule has 0 aliphatic heterocycles. The van der Waals surface area contributed by atoms with Crippen LogP contribution in [-0.2, 0) is 41.7 Å². The van der Waals surface area contributed by atoms with Gasteiger partial charge in [-0.1, -0.05) is 39.8 Å². The maximum absolute atomic E-state index is 12.8. The molecule has 0 saturated carbocycles. The summed E-state index contributed by atoms with van der Waals surface area (Å²) in [7, 11) is 2.59. The summed E-state index contributed by atoms with van der Waals surface area (Å²) in [6.45, 7) is 7.75. The summed E-state index contributed by atoms with van der Waals surface area (Å²) in [6.07, 6.45) is 2.60. The topological polar surface area (TPSA) is 120 Å². The number of carbonyl (C=O) groups is 4. The van der Waals surface area contributed by atoms with Gasteiger partial charge in [-0.25, -0.2) is 18.7 Å². The lowest BCUT2D eigenvalue weighted by molar-refractivity contribution is -0.659. The molecule has 0 aliphatic carbocycles. The molecule has 2 N–H and O–H groups in total.